The minimum absolute atomic E-state index is 0.170. The van der Waals surface area contributed by atoms with Crippen LogP contribution in [0.4, 0.5) is 0 Å². The van der Waals surface area contributed by atoms with Crippen LogP contribution < -0.4 is 4.74 Å². The van der Waals surface area contributed by atoms with Crippen LogP contribution in [0, 0.1) is 6.92 Å². The molecule has 0 amide bonds. The average molecular weight is 642 g/mol. The summed E-state index contributed by atoms with van der Waals surface area (Å²) in [5.41, 5.74) is 1.06. The summed E-state index contributed by atoms with van der Waals surface area (Å²) in [7, 11) is 2.01. The average Bonchev–Trinajstić information content (AvgIpc) is 3.54. The number of hydrogen-bond acceptors (Lipinski definition) is 13. The van der Waals surface area contributed by atoms with E-state index in [-0.39, 0.29) is 25.5 Å². The first-order valence-corrected chi connectivity index (χ1v) is 15.7. The van der Waals surface area contributed by atoms with Gasteiger partial charge < -0.3 is 37.9 Å². The van der Waals surface area contributed by atoms with Gasteiger partial charge in [0.1, 0.15) is 23.7 Å². The molecule has 1 spiro atoms. The summed E-state index contributed by atoms with van der Waals surface area (Å²) >= 11 is 0. The second-order valence-electron chi connectivity index (χ2n) is 13.9. The monoisotopic (exact) mass is 641 g/mol. The molecule has 13 nitrogen and oxygen atoms in total. The highest BCUT2D eigenvalue weighted by molar-refractivity contribution is 5.83. The molecule has 0 aromatic heterocycles. The number of likely N-dealkylation sites (N-methyl/N-ethyl adjacent to an activating group) is 1. The van der Waals surface area contributed by atoms with Gasteiger partial charge >= 0.3 is 23.9 Å². The van der Waals surface area contributed by atoms with Crippen LogP contribution in [0.1, 0.15) is 63.6 Å². The van der Waals surface area contributed by atoms with Crippen LogP contribution in [-0.4, -0.2) is 97.1 Å². The third kappa shape index (κ3) is 4.73. The molecule has 0 unspecified atom stereocenters. The minimum Gasteiger partial charge on any atom is -0.481 e. The Kier molecular flexibility index (Phi) is 7.09. The zero-order chi connectivity index (χ0) is 32.8. The van der Waals surface area contributed by atoms with Gasteiger partial charge in [0.15, 0.2) is 18.3 Å². The fraction of sp³-hybridized carbons (Fsp3) is 0.636. The molecule has 2 bridgehead atoms. The molecule has 3 fully saturated rings. The Morgan fingerprint density at radius 2 is 1.70 bits per heavy atom. The van der Waals surface area contributed by atoms with E-state index in [1.54, 1.807) is 33.8 Å². The van der Waals surface area contributed by atoms with Crippen molar-refractivity contribution in [2.45, 2.75) is 107 Å². The molecule has 4 heterocycles. The fourth-order valence-electron chi connectivity index (χ4n) is 8.23. The number of likely N-dealkylation sites (tertiary alicyclic amines) is 1. The first-order chi connectivity index (χ1) is 21.6. The summed E-state index contributed by atoms with van der Waals surface area (Å²) in [6, 6.07) is 3.90. The Bertz CT molecular complexity index is 1550. The standard InChI is InChI=1S/C33H39NO12/c1-17-7-8-18-13-22-33(44-23(35)14-20-28(37)45-30(2,3)42-20)10-9-19(27-32(33,11-12-34(22)6)25(18)26(17)41-27)40-24(36)16-39-15-21-29(38)46-31(4,5)43-21/h7-9,20-22,27H,10-16H2,1-6H3/t20-,21-,22+,27-,32-,33+/m0/s1. The molecule has 7 rings (SSSR count). The van der Waals surface area contributed by atoms with Gasteiger partial charge in [-0.2, -0.15) is 0 Å². The number of ether oxygens (including phenoxy) is 8. The van der Waals surface area contributed by atoms with Gasteiger partial charge in [0.2, 0.25) is 11.6 Å². The highest BCUT2D eigenvalue weighted by atomic mass is 16.8. The van der Waals surface area contributed by atoms with Gasteiger partial charge in [0.05, 0.1) is 24.5 Å². The van der Waals surface area contributed by atoms with Gasteiger partial charge in [-0.05, 0) is 50.6 Å². The number of rotatable bonds is 8. The summed E-state index contributed by atoms with van der Waals surface area (Å²) in [4.78, 5) is 53.5. The van der Waals surface area contributed by atoms with Crippen molar-refractivity contribution >= 4 is 23.9 Å². The minimum atomic E-state index is -1.13. The van der Waals surface area contributed by atoms with Crippen molar-refractivity contribution in [2.24, 2.45) is 0 Å². The third-order valence-electron chi connectivity index (χ3n) is 9.97. The van der Waals surface area contributed by atoms with Gasteiger partial charge in [0, 0.05) is 39.7 Å². The third-order valence-corrected chi connectivity index (χ3v) is 9.97. The van der Waals surface area contributed by atoms with Gasteiger partial charge in [-0.15, -0.1) is 0 Å². The van der Waals surface area contributed by atoms with Crippen molar-refractivity contribution in [3.8, 4) is 5.75 Å². The lowest BCUT2D eigenvalue weighted by atomic mass is 9.50. The van der Waals surface area contributed by atoms with Crippen LogP contribution in [0.3, 0.4) is 0 Å². The number of nitrogens with zero attached hydrogens (tertiary/aromatic N) is 1. The van der Waals surface area contributed by atoms with Crippen molar-refractivity contribution in [1.29, 1.82) is 0 Å². The summed E-state index contributed by atoms with van der Waals surface area (Å²) in [6.45, 7) is 8.53. The van der Waals surface area contributed by atoms with Crippen LogP contribution in [0.5, 0.6) is 5.75 Å². The van der Waals surface area contributed by atoms with Crippen LogP contribution >= 0.6 is 0 Å². The molecule has 6 aliphatic rings. The van der Waals surface area contributed by atoms with Gasteiger partial charge in [0.25, 0.3) is 0 Å². The van der Waals surface area contributed by atoms with Crippen molar-refractivity contribution in [3.63, 3.8) is 0 Å². The normalized spacial score (nSPS) is 34.6. The first kappa shape index (κ1) is 31.1. The molecule has 2 aliphatic carbocycles. The van der Waals surface area contributed by atoms with Gasteiger partial charge in [-0.3, -0.25) is 9.69 Å². The van der Waals surface area contributed by atoms with Crippen LogP contribution in [-0.2, 0) is 64.2 Å². The molecule has 46 heavy (non-hydrogen) atoms. The van der Waals surface area contributed by atoms with E-state index >= 15 is 0 Å². The molecule has 0 radical (unpaired) electrons. The predicted molar refractivity (Wildman–Crippen MR) is 155 cm³/mol. The highest BCUT2D eigenvalue weighted by Gasteiger charge is 2.74. The maximum absolute atomic E-state index is 13.7. The lowest BCUT2D eigenvalue weighted by Crippen LogP contribution is -2.75. The van der Waals surface area contributed by atoms with E-state index in [9.17, 15) is 19.2 Å². The predicted octanol–water partition coefficient (Wildman–Crippen LogP) is 2.13. The second-order valence-corrected chi connectivity index (χ2v) is 13.9. The van der Waals surface area contributed by atoms with Gasteiger partial charge in [-0.1, -0.05) is 12.1 Å². The topological polar surface area (TPSA) is 145 Å². The Balaban J connectivity index is 1.17. The van der Waals surface area contributed by atoms with E-state index in [1.165, 1.54) is 0 Å². The first-order valence-electron chi connectivity index (χ1n) is 15.7. The lowest BCUT2D eigenvalue weighted by Gasteiger charge is -2.62. The SMILES string of the molecule is Cc1ccc2c3c1O[C@H]1C(OC(=O)COC[C@@H]4OC(C)(C)OC4=O)=CC[C@@]4(OC(=O)C[C@@H]5OC(C)(C)OC5=O)[C@@H](C2)N(C)CC[C@]314. The zero-order valence-corrected chi connectivity index (χ0v) is 26.8. The smallest absolute Gasteiger partial charge is 0.340 e. The Morgan fingerprint density at radius 3 is 2.37 bits per heavy atom. The molecule has 6 atom stereocenters. The molecule has 13 heteroatoms. The number of carbonyl (C=O) groups excluding carboxylic acids is 4. The Hall–Kier alpha value is -3.52. The van der Waals surface area contributed by atoms with Crippen molar-refractivity contribution in [3.05, 3.63) is 40.7 Å². The highest BCUT2D eigenvalue weighted by Crippen LogP contribution is 2.65. The zero-order valence-electron chi connectivity index (χ0n) is 26.8. The maximum atomic E-state index is 13.7. The largest absolute Gasteiger partial charge is 0.481 e. The van der Waals surface area contributed by atoms with Crippen molar-refractivity contribution in [1.82, 2.24) is 4.90 Å². The number of aryl methyl sites for hydroxylation is 1. The summed E-state index contributed by atoms with van der Waals surface area (Å²) in [5.74, 6) is -3.59. The number of cyclic esters (lactones) is 2. The van der Waals surface area contributed by atoms with E-state index in [4.69, 9.17) is 37.9 Å². The quantitative estimate of drug-likeness (QED) is 0.302. The number of carbonyl (C=O) groups is 4. The number of esters is 4. The van der Waals surface area contributed by atoms with E-state index < -0.39 is 71.4 Å². The molecule has 1 aromatic rings. The summed E-state index contributed by atoms with van der Waals surface area (Å²) in [5, 5.41) is 0. The molecule has 3 saturated heterocycles. The molecule has 248 valence electrons. The van der Waals surface area contributed by atoms with E-state index in [0.717, 1.165) is 16.7 Å². The fourth-order valence-corrected chi connectivity index (χ4v) is 8.23. The Morgan fingerprint density at radius 1 is 1.00 bits per heavy atom. The van der Waals surface area contributed by atoms with E-state index in [1.807, 2.05) is 20.0 Å². The molecular formula is C33H39NO12. The molecular weight excluding hydrogens is 602 g/mol. The molecule has 1 aromatic carbocycles. The second kappa shape index (κ2) is 10.5. The lowest BCUT2D eigenvalue weighted by molar-refractivity contribution is -0.208. The van der Waals surface area contributed by atoms with Crippen LogP contribution in [0.15, 0.2) is 24.0 Å². The Labute approximate surface area is 266 Å². The molecule has 4 aliphatic heterocycles. The molecule has 0 saturated carbocycles. The van der Waals surface area contributed by atoms with Crippen LogP contribution in [0.25, 0.3) is 0 Å². The molecule has 0 N–H and O–H groups in total. The number of benzene rings is 1. The van der Waals surface area contributed by atoms with Gasteiger partial charge in [-0.25, -0.2) is 14.4 Å². The van der Waals surface area contributed by atoms with E-state index in [0.29, 0.717) is 30.9 Å². The maximum Gasteiger partial charge on any atom is 0.340 e. The summed E-state index contributed by atoms with van der Waals surface area (Å²) < 4.78 is 46.3. The van der Waals surface area contributed by atoms with E-state index in [2.05, 4.69) is 11.0 Å². The van der Waals surface area contributed by atoms with Crippen LogP contribution in [0.2, 0.25) is 0 Å². The van der Waals surface area contributed by atoms with Crippen molar-refractivity contribution < 1.29 is 57.1 Å². The summed E-state index contributed by atoms with van der Waals surface area (Å²) in [6.07, 6.45) is 0.130. The number of hydrogen-bond donors (Lipinski definition) is 0. The van der Waals surface area contributed by atoms with Crippen molar-refractivity contribution in [2.75, 3.05) is 26.8 Å². The number of piperidine rings is 1.